The minimum atomic E-state index is -0.606. The molecule has 0 aliphatic rings. The monoisotopic (exact) mass is 176 g/mol. The van der Waals surface area contributed by atoms with Gasteiger partial charge in [-0.3, -0.25) is 0 Å². The predicted molar refractivity (Wildman–Crippen MR) is 56.4 cm³/mol. The standard InChI is InChI=1S/C12H16O/c1-12(2,13)10-6-9-11-7-4-3-5-8-11/h3-9,13H,10H2,1-2H3/b9-6+. The van der Waals surface area contributed by atoms with Gasteiger partial charge in [0.15, 0.2) is 0 Å². The normalized spacial score (nSPS) is 12.2. The van der Waals surface area contributed by atoms with Crippen molar-refractivity contribution in [2.75, 3.05) is 0 Å². The second kappa shape index (κ2) is 4.24. The molecule has 0 saturated carbocycles. The zero-order valence-corrected chi connectivity index (χ0v) is 8.20. The maximum atomic E-state index is 9.44. The number of aliphatic hydroxyl groups is 1. The van der Waals surface area contributed by atoms with E-state index in [9.17, 15) is 5.11 Å². The maximum absolute atomic E-state index is 9.44. The first kappa shape index (κ1) is 10.0. The summed E-state index contributed by atoms with van der Waals surface area (Å²) in [5.74, 6) is 0. The first-order valence-electron chi connectivity index (χ1n) is 4.52. The lowest BCUT2D eigenvalue weighted by Gasteiger charge is -2.13. The molecule has 1 heteroatoms. The Morgan fingerprint density at radius 3 is 2.38 bits per heavy atom. The summed E-state index contributed by atoms with van der Waals surface area (Å²) in [7, 11) is 0. The van der Waals surface area contributed by atoms with Gasteiger partial charge in [0.05, 0.1) is 5.60 Å². The van der Waals surface area contributed by atoms with Crippen LogP contribution in [0.5, 0.6) is 0 Å². The zero-order valence-electron chi connectivity index (χ0n) is 8.20. The average molecular weight is 176 g/mol. The van der Waals surface area contributed by atoms with Crippen LogP contribution in [0.3, 0.4) is 0 Å². The first-order chi connectivity index (χ1) is 6.08. The summed E-state index contributed by atoms with van der Waals surface area (Å²) in [5, 5.41) is 9.44. The predicted octanol–water partition coefficient (Wildman–Crippen LogP) is 2.86. The molecule has 1 rings (SSSR count). The molecule has 0 saturated heterocycles. The summed E-state index contributed by atoms with van der Waals surface area (Å²) in [6.07, 6.45) is 4.70. The highest BCUT2D eigenvalue weighted by Gasteiger charge is 2.08. The molecular formula is C12H16O. The van der Waals surface area contributed by atoms with E-state index in [1.165, 1.54) is 5.56 Å². The van der Waals surface area contributed by atoms with Crippen LogP contribution in [0.1, 0.15) is 25.8 Å². The number of hydrogen-bond acceptors (Lipinski definition) is 1. The van der Waals surface area contributed by atoms with E-state index in [2.05, 4.69) is 0 Å². The van der Waals surface area contributed by atoms with Crippen molar-refractivity contribution < 1.29 is 5.11 Å². The Morgan fingerprint density at radius 2 is 1.85 bits per heavy atom. The van der Waals surface area contributed by atoms with Gasteiger partial charge in [-0.2, -0.15) is 0 Å². The number of rotatable bonds is 3. The summed E-state index contributed by atoms with van der Waals surface area (Å²) in [5.41, 5.74) is 0.567. The SMILES string of the molecule is CC(C)(O)C/C=C/c1ccccc1. The van der Waals surface area contributed by atoms with Gasteiger partial charge in [0.2, 0.25) is 0 Å². The molecule has 0 aliphatic heterocycles. The Morgan fingerprint density at radius 1 is 1.23 bits per heavy atom. The van der Waals surface area contributed by atoms with Gasteiger partial charge in [0.1, 0.15) is 0 Å². The van der Waals surface area contributed by atoms with Gasteiger partial charge >= 0.3 is 0 Å². The highest BCUT2D eigenvalue weighted by Crippen LogP contribution is 2.10. The fourth-order valence-corrected chi connectivity index (χ4v) is 1.05. The van der Waals surface area contributed by atoms with Crippen molar-refractivity contribution in [3.63, 3.8) is 0 Å². The molecule has 0 bridgehead atoms. The Hall–Kier alpha value is -1.08. The first-order valence-corrected chi connectivity index (χ1v) is 4.52. The smallest absolute Gasteiger partial charge is 0.0626 e. The maximum Gasteiger partial charge on any atom is 0.0626 e. The second-order valence-corrected chi connectivity index (χ2v) is 3.83. The van der Waals surface area contributed by atoms with Gasteiger partial charge < -0.3 is 5.11 Å². The minimum absolute atomic E-state index is 0.606. The molecule has 0 spiro atoms. The van der Waals surface area contributed by atoms with Gasteiger partial charge in [0.25, 0.3) is 0 Å². The van der Waals surface area contributed by atoms with E-state index in [0.717, 1.165) is 0 Å². The van der Waals surface area contributed by atoms with Crippen molar-refractivity contribution in [1.82, 2.24) is 0 Å². The lowest BCUT2D eigenvalue weighted by molar-refractivity contribution is 0.0841. The fourth-order valence-electron chi connectivity index (χ4n) is 1.05. The lowest BCUT2D eigenvalue weighted by atomic mass is 10.0. The highest BCUT2D eigenvalue weighted by molar-refractivity contribution is 5.48. The molecule has 1 nitrogen and oxygen atoms in total. The van der Waals surface area contributed by atoms with E-state index in [0.29, 0.717) is 6.42 Å². The van der Waals surface area contributed by atoms with Gasteiger partial charge in [-0.05, 0) is 25.8 Å². The molecule has 0 atom stereocenters. The van der Waals surface area contributed by atoms with Gasteiger partial charge in [-0.1, -0.05) is 42.5 Å². The third kappa shape index (κ3) is 4.48. The van der Waals surface area contributed by atoms with E-state index in [1.54, 1.807) is 0 Å². The molecule has 0 amide bonds. The topological polar surface area (TPSA) is 20.2 Å². The fraction of sp³-hybridized carbons (Fsp3) is 0.333. The Labute approximate surface area is 79.7 Å². The van der Waals surface area contributed by atoms with Crippen molar-refractivity contribution in [2.24, 2.45) is 0 Å². The Balaban J connectivity index is 2.51. The van der Waals surface area contributed by atoms with Gasteiger partial charge in [0, 0.05) is 0 Å². The molecule has 0 fully saturated rings. The minimum Gasteiger partial charge on any atom is -0.390 e. The van der Waals surface area contributed by atoms with Crippen LogP contribution in [0.4, 0.5) is 0 Å². The third-order valence-corrected chi connectivity index (χ3v) is 1.73. The van der Waals surface area contributed by atoms with E-state index < -0.39 is 5.60 Å². The summed E-state index contributed by atoms with van der Waals surface area (Å²) in [6, 6.07) is 10.1. The molecular weight excluding hydrogens is 160 g/mol. The van der Waals surface area contributed by atoms with Crippen LogP contribution < -0.4 is 0 Å². The highest BCUT2D eigenvalue weighted by atomic mass is 16.3. The third-order valence-electron chi connectivity index (χ3n) is 1.73. The summed E-state index contributed by atoms with van der Waals surface area (Å²) < 4.78 is 0. The summed E-state index contributed by atoms with van der Waals surface area (Å²) in [6.45, 7) is 3.62. The van der Waals surface area contributed by atoms with Crippen LogP contribution in [-0.2, 0) is 0 Å². The van der Waals surface area contributed by atoms with Crippen LogP contribution in [0.25, 0.3) is 6.08 Å². The van der Waals surface area contributed by atoms with Crippen LogP contribution in [-0.4, -0.2) is 10.7 Å². The number of benzene rings is 1. The molecule has 0 heterocycles. The van der Waals surface area contributed by atoms with E-state index in [4.69, 9.17) is 0 Å². The molecule has 1 aromatic carbocycles. The van der Waals surface area contributed by atoms with Crippen LogP contribution in [0.2, 0.25) is 0 Å². The summed E-state index contributed by atoms with van der Waals surface area (Å²) in [4.78, 5) is 0. The second-order valence-electron chi connectivity index (χ2n) is 3.83. The molecule has 0 aromatic heterocycles. The molecule has 0 unspecified atom stereocenters. The van der Waals surface area contributed by atoms with Crippen molar-refractivity contribution in [3.8, 4) is 0 Å². The average Bonchev–Trinajstić information content (AvgIpc) is 2.04. The van der Waals surface area contributed by atoms with Crippen molar-refractivity contribution >= 4 is 6.08 Å². The molecule has 13 heavy (non-hydrogen) atoms. The van der Waals surface area contributed by atoms with Crippen LogP contribution in [0, 0.1) is 0 Å². The van der Waals surface area contributed by atoms with Gasteiger partial charge in [-0.25, -0.2) is 0 Å². The van der Waals surface area contributed by atoms with Gasteiger partial charge in [-0.15, -0.1) is 0 Å². The quantitative estimate of drug-likeness (QED) is 0.750. The van der Waals surface area contributed by atoms with E-state index >= 15 is 0 Å². The molecule has 0 radical (unpaired) electrons. The van der Waals surface area contributed by atoms with Crippen molar-refractivity contribution in [1.29, 1.82) is 0 Å². The molecule has 0 aliphatic carbocycles. The Bertz CT molecular complexity index is 267. The zero-order chi connectivity index (χ0) is 9.73. The number of hydrogen-bond donors (Lipinski definition) is 1. The van der Waals surface area contributed by atoms with E-state index in [1.807, 2.05) is 56.3 Å². The Kier molecular flexibility index (Phi) is 3.26. The van der Waals surface area contributed by atoms with Crippen LogP contribution >= 0.6 is 0 Å². The largest absolute Gasteiger partial charge is 0.390 e. The summed E-state index contributed by atoms with van der Waals surface area (Å²) >= 11 is 0. The molecule has 1 N–H and O–H groups in total. The van der Waals surface area contributed by atoms with E-state index in [-0.39, 0.29) is 0 Å². The molecule has 70 valence electrons. The lowest BCUT2D eigenvalue weighted by Crippen LogP contribution is -2.16. The molecule has 1 aromatic rings. The van der Waals surface area contributed by atoms with Crippen molar-refractivity contribution in [2.45, 2.75) is 25.9 Å². The van der Waals surface area contributed by atoms with Crippen molar-refractivity contribution in [3.05, 3.63) is 42.0 Å². The van der Waals surface area contributed by atoms with Crippen LogP contribution in [0.15, 0.2) is 36.4 Å².